The lowest BCUT2D eigenvalue weighted by atomic mass is 10.2. The monoisotopic (exact) mass is 214 g/mol. The van der Waals surface area contributed by atoms with E-state index in [0.717, 1.165) is 0 Å². The van der Waals surface area contributed by atoms with Crippen LogP contribution in [0, 0.1) is 0 Å². The molecule has 2 aromatic rings. The largest absolute Gasteiger partial charge is 0.434 e. The SMILES string of the molecule is CCn1ccc2c(C(F)(F)F)nccc21. The number of fused-ring (bicyclic) bond motifs is 1. The molecule has 0 aliphatic rings. The Hall–Kier alpha value is -1.52. The zero-order valence-corrected chi connectivity index (χ0v) is 8.04. The Kier molecular flexibility index (Phi) is 2.17. The number of rotatable bonds is 1. The summed E-state index contributed by atoms with van der Waals surface area (Å²) < 4.78 is 39.4. The summed E-state index contributed by atoms with van der Waals surface area (Å²) in [6, 6.07) is 3.04. The van der Waals surface area contributed by atoms with Crippen molar-refractivity contribution in [2.45, 2.75) is 19.6 Å². The quantitative estimate of drug-likeness (QED) is 0.713. The molecule has 0 saturated carbocycles. The first-order chi connectivity index (χ1) is 7.04. The number of halogens is 3. The summed E-state index contributed by atoms with van der Waals surface area (Å²) in [5.41, 5.74) is -0.243. The van der Waals surface area contributed by atoms with E-state index in [1.807, 2.05) is 6.92 Å². The van der Waals surface area contributed by atoms with Gasteiger partial charge in [0.1, 0.15) is 0 Å². The summed E-state index contributed by atoms with van der Waals surface area (Å²) in [4.78, 5) is 3.39. The molecule has 0 N–H and O–H groups in total. The lowest BCUT2D eigenvalue weighted by molar-refractivity contribution is -0.139. The van der Waals surface area contributed by atoms with E-state index in [1.165, 1.54) is 12.3 Å². The van der Waals surface area contributed by atoms with Gasteiger partial charge < -0.3 is 4.57 Å². The van der Waals surface area contributed by atoms with Gasteiger partial charge in [0.2, 0.25) is 0 Å². The fraction of sp³-hybridized carbons (Fsp3) is 0.300. The molecule has 0 unspecified atom stereocenters. The number of alkyl halides is 3. The van der Waals surface area contributed by atoms with Gasteiger partial charge in [-0.1, -0.05) is 0 Å². The van der Waals surface area contributed by atoms with Gasteiger partial charge in [-0.3, -0.25) is 4.98 Å². The highest BCUT2D eigenvalue weighted by Crippen LogP contribution is 2.33. The topological polar surface area (TPSA) is 17.8 Å². The normalized spacial score (nSPS) is 12.3. The van der Waals surface area contributed by atoms with Gasteiger partial charge in [0.25, 0.3) is 0 Å². The Bertz CT molecular complexity index is 485. The summed E-state index contributed by atoms with van der Waals surface area (Å²) in [6.07, 6.45) is -1.56. The predicted octanol–water partition coefficient (Wildman–Crippen LogP) is 3.08. The van der Waals surface area contributed by atoms with Crippen molar-refractivity contribution in [3.05, 3.63) is 30.2 Å². The second-order valence-corrected chi connectivity index (χ2v) is 3.19. The highest BCUT2D eigenvalue weighted by atomic mass is 19.4. The molecule has 0 bridgehead atoms. The third-order valence-corrected chi connectivity index (χ3v) is 2.31. The number of hydrogen-bond acceptors (Lipinski definition) is 1. The van der Waals surface area contributed by atoms with Gasteiger partial charge in [0.05, 0.1) is 5.52 Å². The first-order valence-electron chi connectivity index (χ1n) is 4.55. The Morgan fingerprint density at radius 2 is 2.07 bits per heavy atom. The fourth-order valence-electron chi connectivity index (χ4n) is 1.62. The van der Waals surface area contributed by atoms with Crippen molar-refractivity contribution in [3.63, 3.8) is 0 Å². The zero-order valence-electron chi connectivity index (χ0n) is 8.04. The van der Waals surface area contributed by atoms with E-state index in [4.69, 9.17) is 0 Å². The first-order valence-corrected chi connectivity index (χ1v) is 4.55. The molecule has 2 rings (SSSR count). The zero-order chi connectivity index (χ0) is 11.1. The standard InChI is InChI=1S/C10H9F3N2/c1-2-15-6-4-7-8(15)3-5-14-9(7)10(11,12)13/h3-6H,2H2,1H3. The van der Waals surface area contributed by atoms with Crippen molar-refractivity contribution in [2.24, 2.45) is 0 Å². The molecule has 0 saturated heterocycles. The second-order valence-electron chi connectivity index (χ2n) is 3.19. The average Bonchev–Trinajstić information content (AvgIpc) is 2.58. The van der Waals surface area contributed by atoms with E-state index in [0.29, 0.717) is 12.1 Å². The third-order valence-electron chi connectivity index (χ3n) is 2.31. The molecule has 80 valence electrons. The second kappa shape index (κ2) is 3.25. The van der Waals surface area contributed by atoms with E-state index >= 15 is 0 Å². The minimum absolute atomic E-state index is 0.159. The summed E-state index contributed by atoms with van der Waals surface area (Å²) in [7, 11) is 0. The van der Waals surface area contributed by atoms with Crippen LogP contribution in [0.1, 0.15) is 12.6 Å². The van der Waals surface area contributed by atoms with Gasteiger partial charge >= 0.3 is 6.18 Å². The van der Waals surface area contributed by atoms with Crippen LogP contribution in [0.25, 0.3) is 10.9 Å². The van der Waals surface area contributed by atoms with Crippen LogP contribution >= 0.6 is 0 Å². The van der Waals surface area contributed by atoms with Crippen LogP contribution in [-0.2, 0) is 12.7 Å². The van der Waals surface area contributed by atoms with Crippen molar-refractivity contribution in [1.29, 1.82) is 0 Å². The van der Waals surface area contributed by atoms with Gasteiger partial charge in [-0.05, 0) is 19.1 Å². The van der Waals surface area contributed by atoms with Crippen LogP contribution in [0.15, 0.2) is 24.5 Å². The van der Waals surface area contributed by atoms with Gasteiger partial charge in [-0.25, -0.2) is 0 Å². The molecule has 0 aliphatic heterocycles. The van der Waals surface area contributed by atoms with Gasteiger partial charge in [-0.15, -0.1) is 0 Å². The van der Waals surface area contributed by atoms with E-state index in [2.05, 4.69) is 4.98 Å². The Labute approximate surface area is 84.3 Å². The van der Waals surface area contributed by atoms with Crippen LogP contribution in [0.5, 0.6) is 0 Å². The molecular formula is C10H9F3N2. The molecule has 0 radical (unpaired) electrons. The number of hydrogen-bond donors (Lipinski definition) is 0. The Morgan fingerprint density at radius 3 is 2.67 bits per heavy atom. The molecular weight excluding hydrogens is 205 g/mol. The predicted molar refractivity (Wildman–Crippen MR) is 50.4 cm³/mol. The minimum Gasteiger partial charge on any atom is -0.348 e. The number of aromatic nitrogens is 2. The smallest absolute Gasteiger partial charge is 0.348 e. The van der Waals surface area contributed by atoms with Crippen molar-refractivity contribution in [2.75, 3.05) is 0 Å². The number of pyridine rings is 1. The maximum atomic E-state index is 12.6. The minimum atomic E-state index is -4.39. The third kappa shape index (κ3) is 1.58. The van der Waals surface area contributed by atoms with E-state index in [9.17, 15) is 13.2 Å². The van der Waals surface area contributed by atoms with Crippen LogP contribution in [0.3, 0.4) is 0 Å². The summed E-state index contributed by atoms with van der Waals surface area (Å²) in [5.74, 6) is 0. The molecule has 2 nitrogen and oxygen atoms in total. The highest BCUT2D eigenvalue weighted by molar-refractivity contribution is 5.82. The maximum absolute atomic E-state index is 12.6. The van der Waals surface area contributed by atoms with E-state index in [-0.39, 0.29) is 5.39 Å². The summed E-state index contributed by atoms with van der Waals surface area (Å²) in [6.45, 7) is 2.53. The maximum Gasteiger partial charge on any atom is 0.434 e. The van der Waals surface area contributed by atoms with Crippen molar-refractivity contribution < 1.29 is 13.2 Å². The fourth-order valence-corrected chi connectivity index (χ4v) is 1.62. The molecule has 0 spiro atoms. The molecule has 0 aliphatic carbocycles. The van der Waals surface area contributed by atoms with Crippen molar-refractivity contribution in [1.82, 2.24) is 9.55 Å². The van der Waals surface area contributed by atoms with Crippen molar-refractivity contribution >= 4 is 10.9 Å². The average molecular weight is 214 g/mol. The van der Waals surface area contributed by atoms with Gasteiger partial charge in [0, 0.05) is 24.3 Å². The lowest BCUT2D eigenvalue weighted by Gasteiger charge is -2.07. The molecule has 0 atom stereocenters. The number of aryl methyl sites for hydroxylation is 1. The molecule has 5 heteroatoms. The molecule has 0 fully saturated rings. The highest BCUT2D eigenvalue weighted by Gasteiger charge is 2.34. The molecule has 2 heterocycles. The Morgan fingerprint density at radius 1 is 1.33 bits per heavy atom. The van der Waals surface area contributed by atoms with Crippen LogP contribution in [0.2, 0.25) is 0 Å². The molecule has 0 amide bonds. The van der Waals surface area contributed by atoms with Crippen LogP contribution in [0.4, 0.5) is 13.2 Å². The molecule has 2 aromatic heterocycles. The van der Waals surface area contributed by atoms with E-state index < -0.39 is 11.9 Å². The Balaban J connectivity index is 2.73. The first kappa shape index (κ1) is 10.0. The van der Waals surface area contributed by atoms with E-state index in [1.54, 1.807) is 16.8 Å². The lowest BCUT2D eigenvalue weighted by Crippen LogP contribution is -2.08. The summed E-state index contributed by atoms with van der Waals surface area (Å²) >= 11 is 0. The molecule has 0 aromatic carbocycles. The van der Waals surface area contributed by atoms with Gasteiger partial charge in [0.15, 0.2) is 5.69 Å². The number of nitrogens with zero attached hydrogens (tertiary/aromatic N) is 2. The van der Waals surface area contributed by atoms with Gasteiger partial charge in [-0.2, -0.15) is 13.2 Å². The molecule has 15 heavy (non-hydrogen) atoms. The summed E-state index contributed by atoms with van der Waals surface area (Å²) in [5, 5.41) is 0.159. The van der Waals surface area contributed by atoms with Crippen LogP contribution < -0.4 is 0 Å². The van der Waals surface area contributed by atoms with Crippen LogP contribution in [-0.4, -0.2) is 9.55 Å². The van der Waals surface area contributed by atoms with Crippen molar-refractivity contribution in [3.8, 4) is 0 Å².